The lowest BCUT2D eigenvalue weighted by atomic mass is 10.0. The second kappa shape index (κ2) is 8.49. The molecular weight excluding hydrogens is 336 g/mol. The van der Waals surface area contributed by atoms with E-state index in [4.69, 9.17) is 0 Å². The number of nitrogens with one attached hydrogen (secondary N) is 2. The number of carbonyl (C=O) groups is 1. The van der Waals surface area contributed by atoms with Crippen molar-refractivity contribution >= 4 is 18.3 Å². The van der Waals surface area contributed by atoms with Crippen LogP contribution in [-0.4, -0.2) is 19.0 Å². The van der Waals surface area contributed by atoms with Crippen LogP contribution in [0.3, 0.4) is 0 Å². The van der Waals surface area contributed by atoms with Crippen LogP contribution in [0.4, 0.5) is 17.6 Å². The van der Waals surface area contributed by atoms with Gasteiger partial charge in [-0.05, 0) is 49.5 Å². The molecule has 2 N–H and O–H groups in total. The molecule has 1 aromatic rings. The van der Waals surface area contributed by atoms with Crippen LogP contribution in [0.1, 0.15) is 30.4 Å². The van der Waals surface area contributed by atoms with E-state index < -0.39 is 17.6 Å². The van der Waals surface area contributed by atoms with Gasteiger partial charge in [-0.2, -0.15) is 13.2 Å². The zero-order chi connectivity index (χ0) is 16.2. The summed E-state index contributed by atoms with van der Waals surface area (Å²) < 4.78 is 51.4. The van der Waals surface area contributed by atoms with E-state index in [-0.39, 0.29) is 36.8 Å². The maximum Gasteiger partial charge on any atom is 0.416 e. The molecule has 1 heterocycles. The summed E-state index contributed by atoms with van der Waals surface area (Å²) in [4.78, 5) is 11.7. The minimum absolute atomic E-state index is 0. The largest absolute Gasteiger partial charge is 0.416 e. The van der Waals surface area contributed by atoms with Crippen LogP contribution in [0.25, 0.3) is 0 Å². The van der Waals surface area contributed by atoms with Crippen LogP contribution in [0.2, 0.25) is 0 Å². The molecule has 0 aromatic heterocycles. The Bertz CT molecular complexity index is 531. The molecule has 0 spiro atoms. The molecule has 0 radical (unpaired) electrons. The van der Waals surface area contributed by atoms with Gasteiger partial charge >= 0.3 is 6.18 Å². The van der Waals surface area contributed by atoms with E-state index in [1.807, 2.05) is 0 Å². The second-order valence-corrected chi connectivity index (χ2v) is 5.47. The number of halogens is 5. The summed E-state index contributed by atoms with van der Waals surface area (Å²) >= 11 is 0. The second-order valence-electron chi connectivity index (χ2n) is 5.47. The van der Waals surface area contributed by atoms with Crippen LogP contribution in [0.15, 0.2) is 18.2 Å². The fourth-order valence-corrected chi connectivity index (χ4v) is 2.54. The number of alkyl halides is 3. The van der Waals surface area contributed by atoms with Gasteiger partial charge < -0.3 is 10.6 Å². The minimum Gasteiger partial charge on any atom is -0.352 e. The number of benzene rings is 1. The van der Waals surface area contributed by atoms with E-state index in [9.17, 15) is 22.4 Å². The Morgan fingerprint density at radius 3 is 2.70 bits per heavy atom. The van der Waals surface area contributed by atoms with Crippen LogP contribution in [-0.2, 0) is 17.5 Å². The van der Waals surface area contributed by atoms with Gasteiger partial charge in [0.15, 0.2) is 0 Å². The van der Waals surface area contributed by atoms with Crippen molar-refractivity contribution in [3.05, 3.63) is 35.1 Å². The summed E-state index contributed by atoms with van der Waals surface area (Å²) in [6.07, 6.45) is -2.62. The first-order valence-corrected chi connectivity index (χ1v) is 7.19. The molecule has 1 unspecified atom stereocenters. The van der Waals surface area contributed by atoms with Gasteiger partial charge in [0.1, 0.15) is 5.82 Å². The first-order chi connectivity index (χ1) is 10.4. The van der Waals surface area contributed by atoms with Gasteiger partial charge in [0.25, 0.3) is 0 Å². The maximum absolute atomic E-state index is 13.0. The van der Waals surface area contributed by atoms with E-state index in [1.54, 1.807) is 0 Å². The lowest BCUT2D eigenvalue weighted by Crippen LogP contribution is -2.25. The SMILES string of the molecule is Cl.O=C(CCC1CCNC1)NCc1ccc(F)cc1C(F)(F)F. The van der Waals surface area contributed by atoms with Crippen LogP contribution >= 0.6 is 12.4 Å². The van der Waals surface area contributed by atoms with Crippen molar-refractivity contribution in [1.82, 2.24) is 10.6 Å². The van der Waals surface area contributed by atoms with Crippen LogP contribution in [0.5, 0.6) is 0 Å². The van der Waals surface area contributed by atoms with Gasteiger partial charge in [-0.1, -0.05) is 6.07 Å². The van der Waals surface area contributed by atoms with Crippen molar-refractivity contribution in [3.8, 4) is 0 Å². The summed E-state index contributed by atoms with van der Waals surface area (Å²) in [7, 11) is 0. The Balaban J connectivity index is 0.00000264. The van der Waals surface area contributed by atoms with Crippen LogP contribution < -0.4 is 10.6 Å². The molecule has 1 amide bonds. The molecule has 1 aliphatic rings. The fraction of sp³-hybridized carbons (Fsp3) is 0.533. The van der Waals surface area contributed by atoms with E-state index in [0.717, 1.165) is 31.6 Å². The third-order valence-electron chi connectivity index (χ3n) is 3.80. The number of hydrogen-bond donors (Lipinski definition) is 2. The van der Waals surface area contributed by atoms with Crippen molar-refractivity contribution in [2.45, 2.75) is 32.0 Å². The molecule has 1 saturated heterocycles. The fourth-order valence-electron chi connectivity index (χ4n) is 2.54. The Labute approximate surface area is 138 Å². The number of rotatable bonds is 5. The maximum atomic E-state index is 13.0. The predicted octanol–water partition coefficient (Wildman–Crippen LogP) is 3.27. The molecule has 2 rings (SSSR count). The van der Waals surface area contributed by atoms with Crippen LogP contribution in [0, 0.1) is 11.7 Å². The van der Waals surface area contributed by atoms with Gasteiger partial charge in [0.2, 0.25) is 5.91 Å². The smallest absolute Gasteiger partial charge is 0.352 e. The summed E-state index contributed by atoms with van der Waals surface area (Å²) in [6.45, 7) is 1.57. The van der Waals surface area contributed by atoms with E-state index >= 15 is 0 Å². The minimum atomic E-state index is -4.64. The summed E-state index contributed by atoms with van der Waals surface area (Å²) in [5, 5.41) is 5.66. The average Bonchev–Trinajstić information content (AvgIpc) is 2.96. The molecule has 0 bridgehead atoms. The van der Waals surface area contributed by atoms with Crippen molar-refractivity contribution in [1.29, 1.82) is 0 Å². The molecule has 0 saturated carbocycles. The third kappa shape index (κ3) is 5.99. The predicted molar refractivity (Wildman–Crippen MR) is 80.7 cm³/mol. The Kier molecular flexibility index (Phi) is 7.28. The third-order valence-corrected chi connectivity index (χ3v) is 3.80. The first kappa shape index (κ1) is 19.7. The zero-order valence-corrected chi connectivity index (χ0v) is 13.2. The van der Waals surface area contributed by atoms with E-state index in [1.165, 1.54) is 0 Å². The van der Waals surface area contributed by atoms with Crippen molar-refractivity contribution < 1.29 is 22.4 Å². The van der Waals surface area contributed by atoms with E-state index in [0.29, 0.717) is 18.4 Å². The van der Waals surface area contributed by atoms with Gasteiger partial charge in [-0.25, -0.2) is 4.39 Å². The van der Waals surface area contributed by atoms with Gasteiger partial charge in [-0.15, -0.1) is 12.4 Å². The van der Waals surface area contributed by atoms with E-state index in [2.05, 4.69) is 10.6 Å². The highest BCUT2D eigenvalue weighted by Gasteiger charge is 2.33. The summed E-state index contributed by atoms with van der Waals surface area (Å²) in [6, 6.07) is 2.46. The summed E-state index contributed by atoms with van der Waals surface area (Å²) in [5.74, 6) is -0.789. The Hall–Kier alpha value is -1.34. The first-order valence-electron chi connectivity index (χ1n) is 7.19. The number of hydrogen-bond acceptors (Lipinski definition) is 2. The highest BCUT2D eigenvalue weighted by Crippen LogP contribution is 2.32. The molecule has 0 aliphatic carbocycles. The molecule has 1 atom stereocenters. The van der Waals surface area contributed by atoms with Crippen molar-refractivity contribution in [2.24, 2.45) is 5.92 Å². The molecule has 1 aliphatic heterocycles. The quantitative estimate of drug-likeness (QED) is 0.797. The lowest BCUT2D eigenvalue weighted by Gasteiger charge is -2.14. The molecule has 130 valence electrons. The molecule has 1 fully saturated rings. The lowest BCUT2D eigenvalue weighted by molar-refractivity contribution is -0.138. The standard InChI is InChI=1S/C15H18F4N2O.ClH/c16-12-3-2-11(13(7-12)15(17,18)19)9-21-14(22)4-1-10-5-6-20-8-10;/h2-3,7,10,20H,1,4-6,8-9H2,(H,21,22);1H. The molecular formula is C15H19ClF4N2O. The monoisotopic (exact) mass is 354 g/mol. The molecule has 1 aromatic carbocycles. The Morgan fingerprint density at radius 2 is 2.09 bits per heavy atom. The highest BCUT2D eigenvalue weighted by molar-refractivity contribution is 5.85. The normalized spacial score (nSPS) is 17.7. The van der Waals surface area contributed by atoms with Gasteiger partial charge in [0.05, 0.1) is 5.56 Å². The Morgan fingerprint density at radius 1 is 1.35 bits per heavy atom. The van der Waals surface area contributed by atoms with Crippen molar-refractivity contribution in [3.63, 3.8) is 0 Å². The average molecular weight is 355 g/mol. The number of carbonyl (C=O) groups excluding carboxylic acids is 1. The van der Waals surface area contributed by atoms with Gasteiger partial charge in [0, 0.05) is 13.0 Å². The topological polar surface area (TPSA) is 41.1 Å². The van der Waals surface area contributed by atoms with Crippen molar-refractivity contribution in [2.75, 3.05) is 13.1 Å². The molecule has 23 heavy (non-hydrogen) atoms. The molecule has 3 nitrogen and oxygen atoms in total. The highest BCUT2D eigenvalue weighted by atomic mass is 35.5. The number of amides is 1. The molecule has 8 heteroatoms. The summed E-state index contributed by atoms with van der Waals surface area (Å²) in [5.41, 5.74) is -1.18. The van der Waals surface area contributed by atoms with Gasteiger partial charge in [-0.3, -0.25) is 4.79 Å². The zero-order valence-electron chi connectivity index (χ0n) is 12.4.